The number of nitrogens with zero attached hydrogens (tertiary/aromatic N) is 2. The number of amides is 1. The third kappa shape index (κ3) is 4.79. The van der Waals surface area contributed by atoms with E-state index < -0.39 is 0 Å². The van der Waals surface area contributed by atoms with Crippen LogP contribution < -0.4 is 19.7 Å². The van der Waals surface area contributed by atoms with Crippen LogP contribution in [0.3, 0.4) is 0 Å². The van der Waals surface area contributed by atoms with Gasteiger partial charge in [-0.25, -0.2) is 0 Å². The van der Waals surface area contributed by atoms with Crippen LogP contribution >= 0.6 is 11.6 Å². The van der Waals surface area contributed by atoms with Crippen molar-refractivity contribution in [3.8, 4) is 11.5 Å². The zero-order valence-electron chi connectivity index (χ0n) is 15.5. The second kappa shape index (κ2) is 9.29. The summed E-state index contributed by atoms with van der Waals surface area (Å²) in [5.74, 6) is 0.619. The van der Waals surface area contributed by atoms with Gasteiger partial charge in [0.2, 0.25) is 0 Å². The molecule has 7 heteroatoms. The Morgan fingerprint density at radius 1 is 1.19 bits per heavy atom. The number of unbranched alkanes of at least 4 members (excludes halogenated alkanes) is 1. The van der Waals surface area contributed by atoms with Gasteiger partial charge in [0.05, 0.1) is 42.4 Å². The second-order valence-electron chi connectivity index (χ2n) is 5.85. The van der Waals surface area contributed by atoms with Gasteiger partial charge in [-0.3, -0.25) is 9.78 Å². The minimum atomic E-state index is -0.286. The van der Waals surface area contributed by atoms with Gasteiger partial charge in [-0.1, -0.05) is 24.9 Å². The molecule has 26 heavy (non-hydrogen) atoms. The molecule has 1 aromatic carbocycles. The predicted octanol–water partition coefficient (Wildman–Crippen LogP) is 4.24. The number of rotatable bonds is 8. The van der Waals surface area contributed by atoms with E-state index in [1.807, 2.05) is 13.1 Å². The Hall–Kier alpha value is -2.47. The molecular weight excluding hydrogens is 354 g/mol. The van der Waals surface area contributed by atoms with Gasteiger partial charge in [0.1, 0.15) is 11.5 Å². The standard InChI is InChI=1S/C19H24ClN3O3/c1-5-6-7-23(2)14-8-13(11-21-12-14)19(24)22-16-10-17(25-3)15(20)9-18(16)26-4/h8-12H,5-7H2,1-4H3,(H,22,24). The molecule has 0 bridgehead atoms. The van der Waals surface area contributed by atoms with Gasteiger partial charge < -0.3 is 19.7 Å². The van der Waals surface area contributed by atoms with E-state index >= 15 is 0 Å². The van der Waals surface area contributed by atoms with Crippen LogP contribution in [0.1, 0.15) is 30.1 Å². The smallest absolute Gasteiger partial charge is 0.257 e. The summed E-state index contributed by atoms with van der Waals surface area (Å²) in [5.41, 5.74) is 1.83. The van der Waals surface area contributed by atoms with Gasteiger partial charge in [-0.05, 0) is 12.5 Å². The number of hydrogen-bond acceptors (Lipinski definition) is 5. The summed E-state index contributed by atoms with van der Waals surface area (Å²) in [7, 11) is 5.01. The fraction of sp³-hybridized carbons (Fsp3) is 0.368. The van der Waals surface area contributed by atoms with E-state index in [1.165, 1.54) is 20.4 Å². The van der Waals surface area contributed by atoms with Crippen LogP contribution in [-0.4, -0.2) is 38.7 Å². The Kier molecular flexibility index (Phi) is 7.09. The first-order valence-electron chi connectivity index (χ1n) is 8.39. The zero-order chi connectivity index (χ0) is 19.1. The van der Waals surface area contributed by atoms with E-state index in [1.54, 1.807) is 18.3 Å². The number of pyridine rings is 1. The van der Waals surface area contributed by atoms with Crippen molar-refractivity contribution in [2.24, 2.45) is 0 Å². The number of aromatic nitrogens is 1. The molecule has 0 spiro atoms. The van der Waals surface area contributed by atoms with Crippen molar-refractivity contribution in [2.45, 2.75) is 19.8 Å². The average Bonchev–Trinajstić information content (AvgIpc) is 2.66. The summed E-state index contributed by atoms with van der Waals surface area (Å²) in [6, 6.07) is 5.05. The molecule has 0 aliphatic carbocycles. The van der Waals surface area contributed by atoms with Crippen LogP contribution in [-0.2, 0) is 0 Å². The van der Waals surface area contributed by atoms with Crippen molar-refractivity contribution in [3.05, 3.63) is 41.2 Å². The summed E-state index contributed by atoms with van der Waals surface area (Å²) < 4.78 is 10.5. The summed E-state index contributed by atoms with van der Waals surface area (Å²) in [5, 5.41) is 3.23. The number of carbonyl (C=O) groups is 1. The molecule has 0 atom stereocenters. The first-order valence-corrected chi connectivity index (χ1v) is 8.77. The van der Waals surface area contributed by atoms with Crippen molar-refractivity contribution in [3.63, 3.8) is 0 Å². The Morgan fingerprint density at radius 2 is 1.92 bits per heavy atom. The molecule has 140 valence electrons. The maximum Gasteiger partial charge on any atom is 0.257 e. The highest BCUT2D eigenvalue weighted by Crippen LogP contribution is 2.36. The Balaban J connectivity index is 2.22. The molecule has 0 fully saturated rings. The van der Waals surface area contributed by atoms with Crippen LogP contribution in [0.4, 0.5) is 11.4 Å². The normalized spacial score (nSPS) is 10.3. The quantitative estimate of drug-likeness (QED) is 0.745. The van der Waals surface area contributed by atoms with Crippen LogP contribution in [0.2, 0.25) is 5.02 Å². The molecule has 6 nitrogen and oxygen atoms in total. The second-order valence-corrected chi connectivity index (χ2v) is 6.26. The number of halogens is 1. The van der Waals surface area contributed by atoms with Crippen molar-refractivity contribution < 1.29 is 14.3 Å². The molecule has 1 amide bonds. The summed E-state index contributed by atoms with van der Waals surface area (Å²) in [4.78, 5) is 18.9. The van der Waals surface area contributed by atoms with Crippen molar-refractivity contribution in [1.82, 2.24) is 4.98 Å². The summed E-state index contributed by atoms with van der Waals surface area (Å²) in [6.07, 6.45) is 5.47. The lowest BCUT2D eigenvalue weighted by Crippen LogP contribution is -2.20. The number of hydrogen-bond donors (Lipinski definition) is 1. The zero-order valence-corrected chi connectivity index (χ0v) is 16.3. The largest absolute Gasteiger partial charge is 0.495 e. The summed E-state index contributed by atoms with van der Waals surface area (Å²) >= 11 is 6.10. The number of benzene rings is 1. The first-order chi connectivity index (χ1) is 12.5. The van der Waals surface area contributed by atoms with Crippen molar-refractivity contribution in [2.75, 3.05) is 38.0 Å². The van der Waals surface area contributed by atoms with E-state index in [2.05, 4.69) is 22.1 Å². The van der Waals surface area contributed by atoms with E-state index in [-0.39, 0.29) is 5.91 Å². The van der Waals surface area contributed by atoms with Crippen LogP contribution in [0.25, 0.3) is 0 Å². The fourth-order valence-electron chi connectivity index (χ4n) is 2.44. The lowest BCUT2D eigenvalue weighted by molar-refractivity contribution is 0.102. The Bertz CT molecular complexity index is 768. The van der Waals surface area contributed by atoms with Crippen molar-refractivity contribution >= 4 is 28.9 Å². The molecule has 0 aliphatic rings. The van der Waals surface area contributed by atoms with E-state index in [0.29, 0.717) is 27.8 Å². The number of methoxy groups -OCH3 is 2. The molecule has 0 aliphatic heterocycles. The highest BCUT2D eigenvalue weighted by molar-refractivity contribution is 6.32. The van der Waals surface area contributed by atoms with E-state index in [4.69, 9.17) is 21.1 Å². The average molecular weight is 378 g/mol. The monoisotopic (exact) mass is 377 g/mol. The molecule has 1 aromatic heterocycles. The topological polar surface area (TPSA) is 63.7 Å². The number of anilines is 2. The molecular formula is C19H24ClN3O3. The molecule has 0 unspecified atom stereocenters. The fourth-order valence-corrected chi connectivity index (χ4v) is 2.67. The summed E-state index contributed by atoms with van der Waals surface area (Å²) in [6.45, 7) is 3.05. The SMILES string of the molecule is CCCCN(C)c1cncc(C(=O)Nc2cc(OC)c(Cl)cc2OC)c1. The highest BCUT2D eigenvalue weighted by atomic mass is 35.5. The molecule has 1 heterocycles. The van der Waals surface area contributed by atoms with Gasteiger partial charge in [-0.15, -0.1) is 0 Å². The van der Waals surface area contributed by atoms with E-state index in [0.717, 1.165) is 25.1 Å². The molecule has 0 saturated heterocycles. The number of ether oxygens (including phenoxy) is 2. The molecule has 2 rings (SSSR count). The lowest BCUT2D eigenvalue weighted by atomic mass is 10.2. The van der Waals surface area contributed by atoms with Gasteiger partial charge in [0.15, 0.2) is 0 Å². The van der Waals surface area contributed by atoms with Crippen LogP contribution in [0, 0.1) is 0 Å². The third-order valence-electron chi connectivity index (χ3n) is 4.00. The Morgan fingerprint density at radius 3 is 2.58 bits per heavy atom. The molecule has 1 N–H and O–H groups in total. The maximum absolute atomic E-state index is 12.7. The van der Waals surface area contributed by atoms with Gasteiger partial charge in [-0.2, -0.15) is 0 Å². The minimum absolute atomic E-state index is 0.286. The lowest BCUT2D eigenvalue weighted by Gasteiger charge is -2.19. The molecule has 0 saturated carbocycles. The van der Waals surface area contributed by atoms with Gasteiger partial charge in [0.25, 0.3) is 5.91 Å². The first kappa shape index (κ1) is 19.8. The van der Waals surface area contributed by atoms with Crippen molar-refractivity contribution in [1.29, 1.82) is 0 Å². The van der Waals surface area contributed by atoms with Gasteiger partial charge in [0, 0.05) is 31.9 Å². The third-order valence-corrected chi connectivity index (χ3v) is 4.29. The highest BCUT2D eigenvalue weighted by Gasteiger charge is 2.15. The van der Waals surface area contributed by atoms with E-state index in [9.17, 15) is 4.79 Å². The number of carbonyl (C=O) groups excluding carboxylic acids is 1. The van der Waals surface area contributed by atoms with Gasteiger partial charge >= 0.3 is 0 Å². The predicted molar refractivity (Wildman–Crippen MR) is 105 cm³/mol. The van der Waals surface area contributed by atoms with Crippen LogP contribution in [0.5, 0.6) is 11.5 Å². The maximum atomic E-state index is 12.7. The Labute approximate surface area is 159 Å². The van der Waals surface area contributed by atoms with Crippen LogP contribution in [0.15, 0.2) is 30.6 Å². The molecule has 2 aromatic rings. The molecule has 0 radical (unpaired) electrons. The minimum Gasteiger partial charge on any atom is -0.495 e. The number of nitrogens with one attached hydrogen (secondary N) is 1.